The summed E-state index contributed by atoms with van der Waals surface area (Å²) in [4.78, 5) is 21.9. The Hall–Kier alpha value is -1.91. The molecule has 0 amide bonds. The summed E-state index contributed by atoms with van der Waals surface area (Å²) in [6.07, 6.45) is 0.221. The fourth-order valence-corrected chi connectivity index (χ4v) is 1.80. The number of benzene rings is 1. The predicted molar refractivity (Wildman–Crippen MR) is 71.0 cm³/mol. The molecule has 1 atom stereocenters. The first kappa shape index (κ1) is 15.1. The van der Waals surface area contributed by atoms with Crippen molar-refractivity contribution < 1.29 is 14.5 Å². The first-order valence-electron chi connectivity index (χ1n) is 6.33. The number of hydrogen-bond donors (Lipinski definition) is 0. The standard InChI is InChI=1S/C14H19NO4/c1-11(2)13(8-9-15(17)18)14(16)19-10-12-6-4-3-5-7-12/h3-7,11,13H,8-10H2,1-2H3. The van der Waals surface area contributed by atoms with Crippen molar-refractivity contribution in [3.8, 4) is 0 Å². The fourth-order valence-electron chi connectivity index (χ4n) is 1.80. The first-order valence-corrected chi connectivity index (χ1v) is 6.33. The highest BCUT2D eigenvalue weighted by molar-refractivity contribution is 5.72. The van der Waals surface area contributed by atoms with Crippen molar-refractivity contribution >= 4 is 5.97 Å². The SMILES string of the molecule is CC(C)C(CC[N+](=O)[O-])C(=O)OCc1ccccc1. The van der Waals surface area contributed by atoms with Gasteiger partial charge >= 0.3 is 5.97 Å². The molecule has 0 saturated heterocycles. The molecule has 104 valence electrons. The highest BCUT2D eigenvalue weighted by Gasteiger charge is 2.25. The second-order valence-electron chi connectivity index (χ2n) is 4.79. The quantitative estimate of drug-likeness (QED) is 0.432. The molecule has 0 bridgehead atoms. The lowest BCUT2D eigenvalue weighted by Crippen LogP contribution is -2.25. The third-order valence-corrected chi connectivity index (χ3v) is 2.95. The van der Waals surface area contributed by atoms with Crippen LogP contribution >= 0.6 is 0 Å². The smallest absolute Gasteiger partial charge is 0.309 e. The summed E-state index contributed by atoms with van der Waals surface area (Å²) in [5.74, 6) is -0.752. The third-order valence-electron chi connectivity index (χ3n) is 2.95. The molecule has 0 N–H and O–H groups in total. The van der Waals surface area contributed by atoms with Crippen molar-refractivity contribution in [1.82, 2.24) is 0 Å². The number of nitro groups is 1. The van der Waals surface area contributed by atoms with Gasteiger partial charge in [0.05, 0.1) is 5.92 Å². The number of ether oxygens (including phenoxy) is 1. The van der Waals surface area contributed by atoms with E-state index >= 15 is 0 Å². The summed E-state index contributed by atoms with van der Waals surface area (Å²) in [5.41, 5.74) is 0.910. The summed E-state index contributed by atoms with van der Waals surface area (Å²) in [6, 6.07) is 9.37. The van der Waals surface area contributed by atoms with E-state index in [4.69, 9.17) is 4.74 Å². The molecule has 5 nitrogen and oxygen atoms in total. The Morgan fingerprint density at radius 2 is 1.95 bits per heavy atom. The maximum atomic E-state index is 11.9. The van der Waals surface area contributed by atoms with Crippen LogP contribution in [0.5, 0.6) is 0 Å². The molecule has 5 heteroatoms. The molecular formula is C14H19NO4. The Kier molecular flexibility index (Phi) is 5.99. The van der Waals surface area contributed by atoms with Gasteiger partial charge in [0.1, 0.15) is 6.61 Å². The van der Waals surface area contributed by atoms with Crippen LogP contribution < -0.4 is 0 Å². The van der Waals surface area contributed by atoms with Gasteiger partial charge in [-0.3, -0.25) is 14.9 Å². The van der Waals surface area contributed by atoms with Crippen molar-refractivity contribution in [2.24, 2.45) is 11.8 Å². The number of rotatable bonds is 7. The van der Waals surface area contributed by atoms with Gasteiger partial charge in [-0.15, -0.1) is 0 Å². The fraction of sp³-hybridized carbons (Fsp3) is 0.500. The zero-order valence-corrected chi connectivity index (χ0v) is 11.2. The molecule has 19 heavy (non-hydrogen) atoms. The Balaban J connectivity index is 2.50. The molecule has 1 unspecified atom stereocenters. The van der Waals surface area contributed by atoms with Gasteiger partial charge in [0.15, 0.2) is 0 Å². The Bertz CT molecular complexity index is 417. The monoisotopic (exact) mass is 265 g/mol. The van der Waals surface area contributed by atoms with Gasteiger partial charge < -0.3 is 4.74 Å². The maximum Gasteiger partial charge on any atom is 0.309 e. The number of carbonyl (C=O) groups excluding carboxylic acids is 1. The van der Waals surface area contributed by atoms with Crippen LogP contribution in [0.3, 0.4) is 0 Å². The van der Waals surface area contributed by atoms with E-state index in [2.05, 4.69) is 0 Å². The average Bonchev–Trinajstić information content (AvgIpc) is 2.37. The zero-order chi connectivity index (χ0) is 14.3. The van der Waals surface area contributed by atoms with Crippen LogP contribution in [0.1, 0.15) is 25.8 Å². The van der Waals surface area contributed by atoms with Crippen LogP contribution in [0.15, 0.2) is 30.3 Å². The lowest BCUT2D eigenvalue weighted by atomic mass is 9.93. The van der Waals surface area contributed by atoms with E-state index in [0.717, 1.165) is 5.56 Å². The summed E-state index contributed by atoms with van der Waals surface area (Å²) < 4.78 is 5.22. The van der Waals surface area contributed by atoms with Crippen molar-refractivity contribution in [3.63, 3.8) is 0 Å². The second kappa shape index (κ2) is 7.51. The Morgan fingerprint density at radius 1 is 1.32 bits per heavy atom. The van der Waals surface area contributed by atoms with E-state index in [1.165, 1.54) is 0 Å². The van der Waals surface area contributed by atoms with Crippen LogP contribution in [-0.4, -0.2) is 17.4 Å². The molecule has 0 spiro atoms. The van der Waals surface area contributed by atoms with Crippen LogP contribution in [0.2, 0.25) is 0 Å². The van der Waals surface area contributed by atoms with Gasteiger partial charge in [0.25, 0.3) is 0 Å². The van der Waals surface area contributed by atoms with Gasteiger partial charge in [-0.2, -0.15) is 0 Å². The summed E-state index contributed by atoms with van der Waals surface area (Å²) >= 11 is 0. The molecule has 0 aromatic heterocycles. The first-order chi connectivity index (χ1) is 9.00. The Morgan fingerprint density at radius 3 is 2.47 bits per heavy atom. The second-order valence-corrected chi connectivity index (χ2v) is 4.79. The molecule has 1 rings (SSSR count). The lowest BCUT2D eigenvalue weighted by Gasteiger charge is -2.17. The summed E-state index contributed by atoms with van der Waals surface area (Å²) in [5, 5.41) is 10.4. The topological polar surface area (TPSA) is 69.4 Å². The van der Waals surface area contributed by atoms with Gasteiger partial charge in [0, 0.05) is 11.3 Å². The van der Waals surface area contributed by atoms with E-state index in [1.54, 1.807) is 0 Å². The van der Waals surface area contributed by atoms with Gasteiger partial charge in [-0.05, 0) is 11.5 Å². The third kappa shape index (κ3) is 5.50. The van der Waals surface area contributed by atoms with Crippen molar-refractivity contribution in [2.45, 2.75) is 26.9 Å². The molecular weight excluding hydrogens is 246 g/mol. The predicted octanol–water partition coefficient (Wildman–Crippen LogP) is 2.67. The molecule has 0 aliphatic rings. The normalized spacial score (nSPS) is 12.2. The number of hydrogen-bond acceptors (Lipinski definition) is 4. The van der Waals surface area contributed by atoms with Crippen LogP contribution in [0.4, 0.5) is 0 Å². The number of carbonyl (C=O) groups is 1. The van der Waals surface area contributed by atoms with Crippen molar-refractivity contribution in [3.05, 3.63) is 46.0 Å². The average molecular weight is 265 g/mol. The van der Waals surface area contributed by atoms with E-state index in [0.29, 0.717) is 0 Å². The highest BCUT2D eigenvalue weighted by atomic mass is 16.6. The van der Waals surface area contributed by atoms with E-state index in [-0.39, 0.29) is 31.5 Å². The molecule has 0 aliphatic carbocycles. The Labute approximate surface area is 112 Å². The molecule has 0 aliphatic heterocycles. The molecule has 0 saturated carbocycles. The van der Waals surface area contributed by atoms with Crippen LogP contribution in [-0.2, 0) is 16.1 Å². The minimum Gasteiger partial charge on any atom is -0.461 e. The van der Waals surface area contributed by atoms with Crippen molar-refractivity contribution in [2.75, 3.05) is 6.54 Å². The van der Waals surface area contributed by atoms with Gasteiger partial charge in [0.2, 0.25) is 6.54 Å². The highest BCUT2D eigenvalue weighted by Crippen LogP contribution is 2.18. The minimum absolute atomic E-state index is 0.0308. The molecule has 1 aromatic carbocycles. The van der Waals surface area contributed by atoms with Crippen LogP contribution in [0.25, 0.3) is 0 Å². The molecule has 0 heterocycles. The van der Waals surface area contributed by atoms with Gasteiger partial charge in [-0.1, -0.05) is 44.2 Å². The summed E-state index contributed by atoms with van der Waals surface area (Å²) in [6.45, 7) is 3.74. The van der Waals surface area contributed by atoms with Crippen LogP contribution in [0, 0.1) is 22.0 Å². The van der Waals surface area contributed by atoms with E-state index < -0.39 is 10.8 Å². The minimum atomic E-state index is -0.422. The molecule has 1 aromatic rings. The summed E-state index contributed by atoms with van der Waals surface area (Å²) in [7, 11) is 0. The van der Waals surface area contributed by atoms with Crippen molar-refractivity contribution in [1.29, 1.82) is 0 Å². The van der Waals surface area contributed by atoms with Gasteiger partial charge in [-0.25, -0.2) is 0 Å². The maximum absolute atomic E-state index is 11.9. The zero-order valence-electron chi connectivity index (χ0n) is 11.2. The van der Waals surface area contributed by atoms with E-state index in [9.17, 15) is 14.9 Å². The number of nitrogens with zero attached hydrogens (tertiary/aromatic N) is 1. The molecule has 0 fully saturated rings. The molecule has 0 radical (unpaired) electrons. The largest absolute Gasteiger partial charge is 0.461 e. The van der Waals surface area contributed by atoms with E-state index in [1.807, 2.05) is 44.2 Å². The number of esters is 1. The lowest BCUT2D eigenvalue weighted by molar-refractivity contribution is -0.481.